The molecule has 1 aliphatic heterocycles. The molecule has 2 atom stereocenters. The van der Waals surface area contributed by atoms with Crippen LogP contribution in [-0.4, -0.2) is 24.1 Å². The Labute approximate surface area is 79.7 Å². The van der Waals surface area contributed by atoms with Crippen LogP contribution in [-0.2, 0) is 0 Å². The van der Waals surface area contributed by atoms with Crippen molar-refractivity contribution in [1.82, 2.24) is 5.32 Å². The maximum atomic E-state index is 3.53. The van der Waals surface area contributed by atoms with Crippen molar-refractivity contribution in [3.8, 4) is 0 Å². The van der Waals surface area contributed by atoms with E-state index in [2.05, 4.69) is 24.1 Å². The van der Waals surface area contributed by atoms with Gasteiger partial charge in [-0.1, -0.05) is 12.8 Å². The minimum Gasteiger partial charge on any atom is -0.316 e. The van der Waals surface area contributed by atoms with Crippen LogP contribution >= 0.6 is 11.8 Å². The van der Waals surface area contributed by atoms with Gasteiger partial charge < -0.3 is 5.32 Å². The van der Waals surface area contributed by atoms with Gasteiger partial charge in [0.2, 0.25) is 0 Å². The third-order valence-corrected chi connectivity index (χ3v) is 4.80. The van der Waals surface area contributed by atoms with Gasteiger partial charge in [0.15, 0.2) is 0 Å². The summed E-state index contributed by atoms with van der Waals surface area (Å²) in [5.74, 6) is 2.39. The van der Waals surface area contributed by atoms with Crippen molar-refractivity contribution in [1.29, 1.82) is 0 Å². The Morgan fingerprint density at radius 3 is 2.33 bits per heavy atom. The Bertz CT molecular complexity index is 139. The fourth-order valence-corrected chi connectivity index (χ4v) is 3.65. The molecule has 1 saturated carbocycles. The second kappa shape index (κ2) is 4.01. The standard InChI is InChI=1S/C10H19NS/c1-11-10(9-6-7-12-9)8-4-2-3-5-8/h8-11H,2-7H2,1H3. The van der Waals surface area contributed by atoms with E-state index in [0.29, 0.717) is 0 Å². The minimum absolute atomic E-state index is 0.825. The second-order valence-corrected chi connectivity index (χ2v) is 5.40. The van der Waals surface area contributed by atoms with Gasteiger partial charge in [0, 0.05) is 11.3 Å². The molecule has 2 unspecified atom stereocenters. The van der Waals surface area contributed by atoms with Crippen molar-refractivity contribution in [2.45, 2.75) is 43.4 Å². The lowest BCUT2D eigenvalue weighted by atomic mass is 9.94. The van der Waals surface area contributed by atoms with Gasteiger partial charge in [-0.2, -0.15) is 11.8 Å². The van der Waals surface area contributed by atoms with Crippen molar-refractivity contribution in [2.75, 3.05) is 12.8 Å². The van der Waals surface area contributed by atoms with Gasteiger partial charge in [0.1, 0.15) is 0 Å². The van der Waals surface area contributed by atoms with Crippen molar-refractivity contribution in [3.05, 3.63) is 0 Å². The highest BCUT2D eigenvalue weighted by Crippen LogP contribution is 2.38. The van der Waals surface area contributed by atoms with Gasteiger partial charge in [-0.15, -0.1) is 0 Å². The zero-order valence-electron chi connectivity index (χ0n) is 7.88. The average Bonchev–Trinajstić information content (AvgIpc) is 2.47. The molecule has 2 fully saturated rings. The number of thioether (sulfide) groups is 1. The van der Waals surface area contributed by atoms with Crippen LogP contribution in [0.1, 0.15) is 32.1 Å². The van der Waals surface area contributed by atoms with E-state index in [9.17, 15) is 0 Å². The Kier molecular flexibility index (Phi) is 2.97. The Morgan fingerprint density at radius 2 is 1.92 bits per heavy atom. The van der Waals surface area contributed by atoms with Crippen molar-refractivity contribution < 1.29 is 0 Å². The normalized spacial score (nSPS) is 33.2. The molecule has 2 heteroatoms. The highest BCUT2D eigenvalue weighted by Gasteiger charge is 2.33. The van der Waals surface area contributed by atoms with E-state index in [1.54, 1.807) is 0 Å². The molecule has 12 heavy (non-hydrogen) atoms. The molecule has 0 radical (unpaired) electrons. The van der Waals surface area contributed by atoms with E-state index in [1.165, 1.54) is 37.9 Å². The lowest BCUT2D eigenvalue weighted by Gasteiger charge is -2.36. The van der Waals surface area contributed by atoms with Crippen LogP contribution in [0.25, 0.3) is 0 Å². The number of hydrogen-bond donors (Lipinski definition) is 1. The van der Waals surface area contributed by atoms with Crippen LogP contribution in [0.5, 0.6) is 0 Å². The Hall–Kier alpha value is 0.310. The molecule has 1 heterocycles. The monoisotopic (exact) mass is 185 g/mol. The molecule has 0 spiro atoms. The average molecular weight is 185 g/mol. The summed E-state index contributed by atoms with van der Waals surface area (Å²) in [4.78, 5) is 0. The van der Waals surface area contributed by atoms with Crippen LogP contribution in [0.2, 0.25) is 0 Å². The van der Waals surface area contributed by atoms with E-state index in [4.69, 9.17) is 0 Å². The molecule has 0 aromatic carbocycles. The fourth-order valence-electron chi connectivity index (χ4n) is 2.58. The summed E-state index contributed by atoms with van der Waals surface area (Å²) in [6.45, 7) is 0. The molecule has 1 saturated heterocycles. The summed E-state index contributed by atoms with van der Waals surface area (Å²) in [7, 11) is 2.14. The van der Waals surface area contributed by atoms with Crippen molar-refractivity contribution >= 4 is 11.8 Å². The highest BCUT2D eigenvalue weighted by molar-refractivity contribution is 8.01. The topological polar surface area (TPSA) is 12.0 Å². The van der Waals surface area contributed by atoms with Gasteiger partial charge in [-0.3, -0.25) is 0 Å². The van der Waals surface area contributed by atoms with Gasteiger partial charge >= 0.3 is 0 Å². The molecule has 2 rings (SSSR count). The molecule has 2 aliphatic rings. The summed E-state index contributed by atoms with van der Waals surface area (Å²) in [6.07, 6.45) is 7.35. The number of nitrogens with one attached hydrogen (secondary N) is 1. The quantitative estimate of drug-likeness (QED) is 0.724. The molecule has 70 valence electrons. The van der Waals surface area contributed by atoms with Crippen LogP contribution in [0.3, 0.4) is 0 Å². The summed E-state index contributed by atoms with van der Waals surface area (Å²) < 4.78 is 0. The zero-order valence-corrected chi connectivity index (χ0v) is 8.70. The van der Waals surface area contributed by atoms with Crippen molar-refractivity contribution in [3.63, 3.8) is 0 Å². The molecule has 0 aromatic rings. The SMILES string of the molecule is CNC(C1CCCC1)C1CCS1. The van der Waals surface area contributed by atoms with Crippen LogP contribution in [0, 0.1) is 5.92 Å². The summed E-state index contributed by atoms with van der Waals surface area (Å²) in [5.41, 5.74) is 0. The first-order valence-electron chi connectivity index (χ1n) is 5.20. The Morgan fingerprint density at radius 1 is 1.25 bits per heavy atom. The molecular formula is C10H19NS. The molecule has 0 aromatic heterocycles. The van der Waals surface area contributed by atoms with E-state index in [-0.39, 0.29) is 0 Å². The zero-order chi connectivity index (χ0) is 8.39. The molecule has 1 nitrogen and oxygen atoms in total. The van der Waals surface area contributed by atoms with E-state index >= 15 is 0 Å². The predicted octanol–water partition coefficient (Wildman–Crippen LogP) is 2.27. The van der Waals surface area contributed by atoms with Gasteiger partial charge in [0.25, 0.3) is 0 Å². The van der Waals surface area contributed by atoms with Crippen LogP contribution in [0.15, 0.2) is 0 Å². The third kappa shape index (κ3) is 1.64. The largest absolute Gasteiger partial charge is 0.316 e. The predicted molar refractivity (Wildman–Crippen MR) is 55.7 cm³/mol. The van der Waals surface area contributed by atoms with E-state index in [0.717, 1.165) is 17.2 Å². The number of rotatable bonds is 3. The van der Waals surface area contributed by atoms with Crippen LogP contribution < -0.4 is 5.32 Å². The fraction of sp³-hybridized carbons (Fsp3) is 1.00. The number of hydrogen-bond acceptors (Lipinski definition) is 2. The molecule has 0 amide bonds. The molecule has 1 aliphatic carbocycles. The smallest absolute Gasteiger partial charge is 0.0212 e. The van der Waals surface area contributed by atoms with Crippen molar-refractivity contribution in [2.24, 2.45) is 5.92 Å². The molecule has 0 bridgehead atoms. The van der Waals surface area contributed by atoms with E-state index < -0.39 is 0 Å². The minimum atomic E-state index is 0.825. The van der Waals surface area contributed by atoms with Gasteiger partial charge in [-0.05, 0) is 38.0 Å². The van der Waals surface area contributed by atoms with Gasteiger partial charge in [0.05, 0.1) is 0 Å². The maximum absolute atomic E-state index is 3.53. The summed E-state index contributed by atoms with van der Waals surface area (Å²) in [5, 5.41) is 4.47. The Balaban J connectivity index is 1.87. The first kappa shape index (κ1) is 8.89. The lowest BCUT2D eigenvalue weighted by Crippen LogP contribution is -2.44. The van der Waals surface area contributed by atoms with Gasteiger partial charge in [-0.25, -0.2) is 0 Å². The first-order valence-corrected chi connectivity index (χ1v) is 6.25. The third-order valence-electron chi connectivity index (χ3n) is 3.38. The summed E-state index contributed by atoms with van der Waals surface area (Å²) in [6, 6.07) is 0.825. The summed E-state index contributed by atoms with van der Waals surface area (Å²) >= 11 is 2.16. The molecule has 1 N–H and O–H groups in total. The first-order chi connectivity index (χ1) is 5.92. The van der Waals surface area contributed by atoms with Crippen LogP contribution in [0.4, 0.5) is 0 Å². The highest BCUT2D eigenvalue weighted by atomic mass is 32.2. The second-order valence-electron chi connectivity index (χ2n) is 4.06. The maximum Gasteiger partial charge on any atom is 0.0212 e. The molecular weight excluding hydrogens is 166 g/mol. The van der Waals surface area contributed by atoms with E-state index in [1.807, 2.05) is 0 Å². The lowest BCUT2D eigenvalue weighted by molar-refractivity contribution is 0.359.